The first-order chi connectivity index (χ1) is 7.15. The van der Waals surface area contributed by atoms with Crippen LogP contribution in [0.25, 0.3) is 0 Å². The van der Waals surface area contributed by atoms with E-state index in [0.29, 0.717) is 25.2 Å². The van der Waals surface area contributed by atoms with Crippen LogP contribution in [0, 0.1) is 0 Å². The maximum absolute atomic E-state index is 11.1. The largest absolute Gasteiger partial charge is 0.329 e. The van der Waals surface area contributed by atoms with Gasteiger partial charge in [0.25, 0.3) is 0 Å². The van der Waals surface area contributed by atoms with Gasteiger partial charge in [0.05, 0.1) is 0 Å². The van der Waals surface area contributed by atoms with E-state index < -0.39 is 0 Å². The molecule has 0 aliphatic heterocycles. The Morgan fingerprint density at radius 3 is 2.60 bits per heavy atom. The summed E-state index contributed by atoms with van der Waals surface area (Å²) in [6.07, 6.45) is 1.21. The highest BCUT2D eigenvalue weighted by Gasteiger charge is 2.43. The Morgan fingerprint density at radius 1 is 1.40 bits per heavy atom. The van der Waals surface area contributed by atoms with Gasteiger partial charge in [-0.2, -0.15) is 0 Å². The number of Topliss-reactive ketones (excluding diaryl/α,β-unsaturated/α-hetero) is 1. The highest BCUT2D eigenvalue weighted by atomic mass is 79.9. The summed E-state index contributed by atoms with van der Waals surface area (Å²) in [5.74, 6) is 0.319. The number of nitrogens with two attached hydrogens (primary N) is 1. The molecule has 0 atom stereocenters. The molecule has 0 unspecified atom stereocenters. The maximum Gasteiger partial charge on any atom is 0.135 e. The van der Waals surface area contributed by atoms with Crippen LogP contribution in [0.1, 0.15) is 12.8 Å². The van der Waals surface area contributed by atoms with E-state index in [1.54, 1.807) is 11.8 Å². The van der Waals surface area contributed by atoms with E-state index in [4.69, 9.17) is 5.73 Å². The molecule has 1 aliphatic rings. The average Bonchev–Trinajstić information content (AvgIpc) is 2.18. The van der Waals surface area contributed by atoms with Gasteiger partial charge in [-0.25, -0.2) is 0 Å². The first-order valence-corrected chi connectivity index (χ1v) is 6.41. The number of carbonyl (C=O) groups excluding carboxylic acids is 1. The van der Waals surface area contributed by atoms with Crippen molar-refractivity contribution in [3.8, 4) is 0 Å². The number of thioether (sulfide) groups is 1. The van der Waals surface area contributed by atoms with Gasteiger partial charge < -0.3 is 5.73 Å². The van der Waals surface area contributed by atoms with Crippen LogP contribution in [0.5, 0.6) is 0 Å². The molecular formula is C11H12BrNOS. The van der Waals surface area contributed by atoms with Gasteiger partial charge in [-0.1, -0.05) is 12.1 Å². The summed E-state index contributed by atoms with van der Waals surface area (Å²) in [7, 11) is 0. The Bertz CT molecular complexity index is 386. The van der Waals surface area contributed by atoms with Crippen LogP contribution in [-0.4, -0.2) is 17.1 Å². The van der Waals surface area contributed by atoms with Gasteiger partial charge in [0.15, 0.2) is 0 Å². The molecule has 1 aromatic carbocycles. The van der Waals surface area contributed by atoms with E-state index in [0.717, 1.165) is 9.37 Å². The third kappa shape index (κ3) is 2.27. The molecule has 0 amide bonds. The van der Waals surface area contributed by atoms with E-state index in [1.807, 2.05) is 18.2 Å². The van der Waals surface area contributed by atoms with Crippen molar-refractivity contribution >= 4 is 33.5 Å². The van der Waals surface area contributed by atoms with Gasteiger partial charge in [0.1, 0.15) is 5.78 Å². The molecule has 0 saturated heterocycles. The van der Waals surface area contributed by atoms with Gasteiger partial charge in [-0.05, 0) is 28.1 Å². The zero-order valence-corrected chi connectivity index (χ0v) is 10.6. The molecule has 15 heavy (non-hydrogen) atoms. The zero-order chi connectivity index (χ0) is 10.9. The number of hydrogen-bond acceptors (Lipinski definition) is 3. The number of benzene rings is 1. The summed E-state index contributed by atoms with van der Waals surface area (Å²) in [6, 6.07) is 8.04. The molecule has 0 bridgehead atoms. The molecule has 4 heteroatoms. The molecule has 80 valence electrons. The standard InChI is InChI=1S/C11H12BrNOS/c12-9-3-1-2-4-10(9)15-11(7-13)5-8(14)6-11/h1-4H,5-7,13H2. The normalized spacial score (nSPS) is 18.7. The topological polar surface area (TPSA) is 43.1 Å². The molecular weight excluding hydrogens is 274 g/mol. The van der Waals surface area contributed by atoms with Crippen LogP contribution in [0.4, 0.5) is 0 Å². The fraction of sp³-hybridized carbons (Fsp3) is 0.364. The number of ketones is 1. The lowest BCUT2D eigenvalue weighted by molar-refractivity contribution is -0.125. The van der Waals surface area contributed by atoms with E-state index in [2.05, 4.69) is 22.0 Å². The van der Waals surface area contributed by atoms with Crippen LogP contribution >= 0.6 is 27.7 Å². The maximum atomic E-state index is 11.1. The second-order valence-corrected chi connectivity index (χ2v) is 6.18. The molecule has 2 N–H and O–H groups in total. The zero-order valence-electron chi connectivity index (χ0n) is 8.20. The van der Waals surface area contributed by atoms with Gasteiger partial charge >= 0.3 is 0 Å². The molecule has 1 aliphatic carbocycles. The van der Waals surface area contributed by atoms with Crippen molar-refractivity contribution in [1.82, 2.24) is 0 Å². The Morgan fingerprint density at radius 2 is 2.07 bits per heavy atom. The minimum atomic E-state index is -0.0546. The number of carbonyl (C=O) groups is 1. The Kier molecular flexibility index (Phi) is 3.19. The Hall–Kier alpha value is -0.320. The molecule has 1 aromatic rings. The van der Waals surface area contributed by atoms with E-state index >= 15 is 0 Å². The number of hydrogen-bond donors (Lipinski definition) is 1. The van der Waals surface area contributed by atoms with Gasteiger partial charge in [0.2, 0.25) is 0 Å². The SMILES string of the molecule is NCC1(Sc2ccccc2Br)CC(=O)C1. The van der Waals surface area contributed by atoms with Crippen LogP contribution in [0.2, 0.25) is 0 Å². The fourth-order valence-corrected chi connectivity index (χ4v) is 3.54. The summed E-state index contributed by atoms with van der Waals surface area (Å²) in [6.45, 7) is 0.560. The Balaban J connectivity index is 2.14. The molecule has 0 aromatic heterocycles. The Labute approximate surface area is 102 Å². The van der Waals surface area contributed by atoms with Crippen molar-refractivity contribution in [1.29, 1.82) is 0 Å². The van der Waals surface area contributed by atoms with Crippen molar-refractivity contribution < 1.29 is 4.79 Å². The molecule has 1 fully saturated rings. The summed E-state index contributed by atoms with van der Waals surface area (Å²) in [5.41, 5.74) is 5.74. The first-order valence-electron chi connectivity index (χ1n) is 4.80. The summed E-state index contributed by atoms with van der Waals surface area (Å²) in [4.78, 5) is 12.2. The van der Waals surface area contributed by atoms with Crippen LogP contribution in [0.3, 0.4) is 0 Å². The minimum absolute atomic E-state index is 0.0546. The predicted molar refractivity (Wildman–Crippen MR) is 66.0 cm³/mol. The van der Waals surface area contributed by atoms with Crippen molar-refractivity contribution in [2.75, 3.05) is 6.54 Å². The highest BCUT2D eigenvalue weighted by molar-refractivity contribution is 9.10. The fourth-order valence-electron chi connectivity index (χ4n) is 1.69. The smallest absolute Gasteiger partial charge is 0.135 e. The summed E-state index contributed by atoms with van der Waals surface area (Å²) < 4.78 is 1.02. The molecule has 0 spiro atoms. The van der Waals surface area contributed by atoms with E-state index in [1.165, 1.54) is 0 Å². The molecule has 1 saturated carbocycles. The monoisotopic (exact) mass is 285 g/mol. The lowest BCUT2D eigenvalue weighted by atomic mass is 9.83. The summed E-state index contributed by atoms with van der Waals surface area (Å²) in [5, 5.41) is 0. The molecule has 0 radical (unpaired) electrons. The lowest BCUT2D eigenvalue weighted by Gasteiger charge is -2.38. The molecule has 2 nitrogen and oxygen atoms in total. The third-order valence-electron chi connectivity index (χ3n) is 2.57. The van der Waals surface area contributed by atoms with Crippen molar-refractivity contribution in [3.05, 3.63) is 28.7 Å². The quantitative estimate of drug-likeness (QED) is 0.928. The summed E-state index contributed by atoms with van der Waals surface area (Å²) >= 11 is 5.22. The number of rotatable bonds is 3. The van der Waals surface area contributed by atoms with Gasteiger partial charge in [0, 0.05) is 33.5 Å². The average molecular weight is 286 g/mol. The second-order valence-electron chi connectivity index (χ2n) is 3.81. The molecule has 0 heterocycles. The van der Waals surface area contributed by atoms with E-state index in [-0.39, 0.29) is 4.75 Å². The van der Waals surface area contributed by atoms with Crippen molar-refractivity contribution in [2.45, 2.75) is 22.5 Å². The second kappa shape index (κ2) is 4.28. The van der Waals surface area contributed by atoms with Crippen LogP contribution in [0.15, 0.2) is 33.6 Å². The van der Waals surface area contributed by atoms with E-state index in [9.17, 15) is 4.79 Å². The highest BCUT2D eigenvalue weighted by Crippen LogP contribution is 2.46. The first kappa shape index (κ1) is 11.2. The van der Waals surface area contributed by atoms with Crippen LogP contribution in [-0.2, 0) is 4.79 Å². The third-order valence-corrected chi connectivity index (χ3v) is 4.99. The van der Waals surface area contributed by atoms with Crippen molar-refractivity contribution in [3.63, 3.8) is 0 Å². The molecule has 2 rings (SSSR count). The van der Waals surface area contributed by atoms with Crippen molar-refractivity contribution in [2.24, 2.45) is 5.73 Å². The lowest BCUT2D eigenvalue weighted by Crippen LogP contribution is -2.47. The van der Waals surface area contributed by atoms with Gasteiger partial charge in [-0.15, -0.1) is 11.8 Å². The number of halogens is 1. The van der Waals surface area contributed by atoms with Crippen LogP contribution < -0.4 is 5.73 Å². The van der Waals surface area contributed by atoms with Gasteiger partial charge in [-0.3, -0.25) is 4.79 Å². The minimum Gasteiger partial charge on any atom is -0.329 e. The predicted octanol–water partition coefficient (Wildman–Crippen LogP) is 2.60.